The Morgan fingerprint density at radius 3 is 2.71 bits per heavy atom. The van der Waals surface area contributed by atoms with Gasteiger partial charge in [0.15, 0.2) is 5.78 Å². The van der Waals surface area contributed by atoms with Gasteiger partial charge in [0.1, 0.15) is 0 Å². The van der Waals surface area contributed by atoms with Crippen LogP contribution in [0.2, 0.25) is 0 Å². The maximum atomic E-state index is 12.7. The Morgan fingerprint density at radius 2 is 2.00 bits per heavy atom. The molecule has 0 spiro atoms. The predicted molar refractivity (Wildman–Crippen MR) is 90.0 cm³/mol. The molecule has 1 aromatic heterocycles. The molecule has 124 valence electrons. The van der Waals surface area contributed by atoms with Gasteiger partial charge in [-0.15, -0.1) is 0 Å². The van der Waals surface area contributed by atoms with Crippen LogP contribution in [0.25, 0.3) is 5.69 Å². The molecular formula is C19H19NO4. The molecule has 0 saturated heterocycles. The summed E-state index contributed by atoms with van der Waals surface area (Å²) in [5, 5.41) is 0. The average molecular weight is 325 g/mol. The first-order chi connectivity index (χ1) is 11.5. The number of nitrogens with zero attached hydrogens (tertiary/aromatic N) is 1. The third-order valence-electron chi connectivity index (χ3n) is 4.17. The standard InChI is InChI=1S/C19H19NO4/c1-3-24-19(23)14-11-17(22)20(13-7-4-6-12(2)10-13)15-8-5-9-16(21)18(14)15/h4,6-7,10-11H,3,5,8-9H2,1-2H3. The summed E-state index contributed by atoms with van der Waals surface area (Å²) >= 11 is 0. The van der Waals surface area contributed by atoms with Crippen molar-refractivity contribution in [2.24, 2.45) is 0 Å². The van der Waals surface area contributed by atoms with E-state index in [9.17, 15) is 14.4 Å². The van der Waals surface area contributed by atoms with E-state index in [-0.39, 0.29) is 23.5 Å². The molecule has 1 aromatic carbocycles. The predicted octanol–water partition coefficient (Wildman–Crippen LogP) is 2.84. The lowest BCUT2D eigenvalue weighted by atomic mass is 9.90. The van der Waals surface area contributed by atoms with E-state index in [4.69, 9.17) is 4.74 Å². The zero-order chi connectivity index (χ0) is 17.3. The summed E-state index contributed by atoms with van der Waals surface area (Å²) in [6, 6.07) is 8.76. The van der Waals surface area contributed by atoms with E-state index >= 15 is 0 Å². The lowest BCUT2D eigenvalue weighted by Crippen LogP contribution is -2.30. The van der Waals surface area contributed by atoms with Crippen LogP contribution in [0.4, 0.5) is 0 Å². The molecule has 1 aliphatic rings. The Hall–Kier alpha value is -2.69. The van der Waals surface area contributed by atoms with Crippen molar-refractivity contribution in [1.29, 1.82) is 0 Å². The summed E-state index contributed by atoms with van der Waals surface area (Å²) in [7, 11) is 0. The molecule has 0 atom stereocenters. The minimum atomic E-state index is -0.613. The minimum Gasteiger partial charge on any atom is -0.462 e. The summed E-state index contributed by atoms with van der Waals surface area (Å²) in [5.41, 5.74) is 2.43. The molecule has 0 amide bonds. The van der Waals surface area contributed by atoms with E-state index in [2.05, 4.69) is 0 Å². The van der Waals surface area contributed by atoms with Gasteiger partial charge >= 0.3 is 5.97 Å². The second kappa shape index (κ2) is 6.43. The number of ether oxygens (including phenoxy) is 1. The topological polar surface area (TPSA) is 65.4 Å². The molecule has 5 heteroatoms. The van der Waals surface area contributed by atoms with E-state index in [1.54, 1.807) is 11.5 Å². The smallest absolute Gasteiger partial charge is 0.339 e. The zero-order valence-electron chi connectivity index (χ0n) is 13.8. The molecule has 0 unspecified atom stereocenters. The van der Waals surface area contributed by atoms with Crippen LogP contribution in [0.15, 0.2) is 35.1 Å². The molecule has 5 nitrogen and oxygen atoms in total. The number of esters is 1. The highest BCUT2D eigenvalue weighted by molar-refractivity contribution is 6.07. The fourth-order valence-electron chi connectivity index (χ4n) is 3.17. The molecule has 1 aliphatic carbocycles. The lowest BCUT2D eigenvalue weighted by Gasteiger charge is -2.22. The first kappa shape index (κ1) is 16.2. The van der Waals surface area contributed by atoms with E-state index in [1.807, 2.05) is 31.2 Å². The normalized spacial score (nSPS) is 13.5. The SMILES string of the molecule is CCOC(=O)c1cc(=O)n(-c2cccc(C)c2)c2c1C(=O)CCC2. The Bertz CT molecular complexity index is 879. The van der Waals surface area contributed by atoms with Gasteiger partial charge in [-0.05, 0) is 44.4 Å². The van der Waals surface area contributed by atoms with Gasteiger partial charge in [0.25, 0.3) is 5.56 Å². The highest BCUT2D eigenvalue weighted by atomic mass is 16.5. The summed E-state index contributed by atoms with van der Waals surface area (Å²) in [5.74, 6) is -0.724. The van der Waals surface area contributed by atoms with E-state index in [1.165, 1.54) is 6.07 Å². The van der Waals surface area contributed by atoms with Gasteiger partial charge in [-0.2, -0.15) is 0 Å². The number of hydrogen-bond donors (Lipinski definition) is 0. The molecule has 3 rings (SSSR count). The van der Waals surface area contributed by atoms with Gasteiger partial charge in [-0.1, -0.05) is 12.1 Å². The van der Waals surface area contributed by atoms with Crippen molar-refractivity contribution in [3.05, 3.63) is 63.1 Å². The van der Waals surface area contributed by atoms with Crippen LogP contribution >= 0.6 is 0 Å². The van der Waals surface area contributed by atoms with Crippen molar-refractivity contribution in [1.82, 2.24) is 4.57 Å². The summed E-state index contributed by atoms with van der Waals surface area (Å²) < 4.78 is 6.57. The number of ketones is 1. The second-order valence-electron chi connectivity index (χ2n) is 5.89. The third-order valence-corrected chi connectivity index (χ3v) is 4.17. The van der Waals surface area contributed by atoms with Crippen LogP contribution in [0.5, 0.6) is 0 Å². The number of benzene rings is 1. The Morgan fingerprint density at radius 1 is 1.21 bits per heavy atom. The van der Waals surface area contributed by atoms with Gasteiger partial charge in [-0.25, -0.2) is 4.79 Å². The first-order valence-electron chi connectivity index (χ1n) is 8.09. The molecule has 0 N–H and O–H groups in total. The number of rotatable bonds is 3. The Kier molecular flexibility index (Phi) is 4.34. The minimum absolute atomic E-state index is 0.0884. The third kappa shape index (κ3) is 2.77. The number of fused-ring (bicyclic) bond motifs is 1. The molecule has 24 heavy (non-hydrogen) atoms. The van der Waals surface area contributed by atoms with Gasteiger partial charge in [0.2, 0.25) is 0 Å². The Labute approximate surface area is 139 Å². The van der Waals surface area contributed by atoms with Crippen LogP contribution in [0.1, 0.15) is 51.7 Å². The monoisotopic (exact) mass is 325 g/mol. The van der Waals surface area contributed by atoms with Gasteiger partial charge in [0.05, 0.1) is 17.7 Å². The number of carbonyl (C=O) groups excluding carboxylic acids is 2. The van der Waals surface area contributed by atoms with Crippen molar-refractivity contribution in [2.45, 2.75) is 33.1 Å². The van der Waals surface area contributed by atoms with Crippen molar-refractivity contribution >= 4 is 11.8 Å². The number of hydrogen-bond acceptors (Lipinski definition) is 4. The van der Waals surface area contributed by atoms with E-state index in [0.29, 0.717) is 36.2 Å². The Balaban J connectivity index is 2.29. The van der Waals surface area contributed by atoms with Crippen LogP contribution < -0.4 is 5.56 Å². The van der Waals surface area contributed by atoms with Gasteiger partial charge in [0, 0.05) is 23.9 Å². The van der Waals surface area contributed by atoms with Crippen molar-refractivity contribution < 1.29 is 14.3 Å². The highest BCUT2D eigenvalue weighted by Gasteiger charge is 2.28. The molecule has 0 fully saturated rings. The van der Waals surface area contributed by atoms with Gasteiger partial charge < -0.3 is 4.74 Å². The van der Waals surface area contributed by atoms with Crippen molar-refractivity contribution in [2.75, 3.05) is 6.61 Å². The molecule has 0 bridgehead atoms. The van der Waals surface area contributed by atoms with Crippen LogP contribution in [0.3, 0.4) is 0 Å². The molecule has 1 heterocycles. The number of carbonyl (C=O) groups is 2. The number of pyridine rings is 1. The number of aromatic nitrogens is 1. The maximum Gasteiger partial charge on any atom is 0.339 e. The molecular weight excluding hydrogens is 306 g/mol. The lowest BCUT2D eigenvalue weighted by molar-refractivity contribution is 0.0522. The quantitative estimate of drug-likeness (QED) is 0.814. The molecule has 0 saturated carbocycles. The highest BCUT2D eigenvalue weighted by Crippen LogP contribution is 2.26. The summed E-state index contributed by atoms with van der Waals surface area (Å²) in [6.07, 6.45) is 1.63. The first-order valence-corrected chi connectivity index (χ1v) is 8.09. The largest absolute Gasteiger partial charge is 0.462 e. The average Bonchev–Trinajstić information content (AvgIpc) is 2.54. The summed E-state index contributed by atoms with van der Waals surface area (Å²) in [6.45, 7) is 3.84. The number of aryl methyl sites for hydroxylation is 1. The van der Waals surface area contributed by atoms with Crippen LogP contribution in [-0.2, 0) is 11.2 Å². The molecule has 0 aliphatic heterocycles. The summed E-state index contributed by atoms with van der Waals surface area (Å²) in [4.78, 5) is 37.3. The van der Waals surface area contributed by atoms with Gasteiger partial charge in [-0.3, -0.25) is 14.2 Å². The zero-order valence-corrected chi connectivity index (χ0v) is 13.8. The molecule has 2 aromatic rings. The van der Waals surface area contributed by atoms with Crippen LogP contribution in [0, 0.1) is 6.92 Å². The van der Waals surface area contributed by atoms with Crippen molar-refractivity contribution in [3.63, 3.8) is 0 Å². The molecule has 0 radical (unpaired) electrons. The van der Waals surface area contributed by atoms with E-state index < -0.39 is 5.97 Å². The number of Topliss-reactive ketones (excluding diaryl/α,β-unsaturated/α-hetero) is 1. The van der Waals surface area contributed by atoms with Crippen molar-refractivity contribution in [3.8, 4) is 5.69 Å². The fourth-order valence-corrected chi connectivity index (χ4v) is 3.17. The fraction of sp³-hybridized carbons (Fsp3) is 0.316. The second-order valence-corrected chi connectivity index (χ2v) is 5.89. The van der Waals surface area contributed by atoms with Crippen LogP contribution in [-0.4, -0.2) is 22.9 Å². The maximum absolute atomic E-state index is 12.7. The van der Waals surface area contributed by atoms with E-state index in [0.717, 1.165) is 5.56 Å².